The number of hydrogen-bond donors (Lipinski definition) is 0. The third-order valence-corrected chi connectivity index (χ3v) is 3.92. The number of carbonyl (C=O) groups excluding carboxylic acids is 1. The van der Waals surface area contributed by atoms with Crippen molar-refractivity contribution in [2.45, 2.75) is 0 Å². The minimum absolute atomic E-state index is 0.0531. The van der Waals surface area contributed by atoms with Crippen LogP contribution in [0.25, 0.3) is 6.08 Å². The number of nitrogens with zero attached hydrogens (tertiary/aromatic N) is 1. The summed E-state index contributed by atoms with van der Waals surface area (Å²) in [4.78, 5) is 22.6. The second-order valence-corrected chi connectivity index (χ2v) is 5.59. The minimum atomic E-state index is -0.485. The molecule has 0 unspecified atom stereocenters. The Morgan fingerprint density at radius 1 is 1.17 bits per heavy atom. The van der Waals surface area contributed by atoms with Crippen LogP contribution in [0.1, 0.15) is 15.9 Å². The average molecular weight is 376 g/mol. The zero-order chi connectivity index (χ0) is 16.4. The van der Waals surface area contributed by atoms with Crippen LogP contribution in [0.3, 0.4) is 0 Å². The molecule has 0 bridgehead atoms. The first-order valence-corrected chi connectivity index (χ1v) is 7.40. The minimum Gasteiger partial charge on any atom is -0.454 e. The molecule has 0 aromatic heterocycles. The molecule has 0 radical (unpaired) electrons. The number of carbonyl (C=O) groups is 1. The highest BCUT2D eigenvalue weighted by molar-refractivity contribution is 9.10. The summed E-state index contributed by atoms with van der Waals surface area (Å²) < 4.78 is 10.8. The molecule has 0 fully saturated rings. The second-order valence-electron chi connectivity index (χ2n) is 4.73. The summed E-state index contributed by atoms with van der Waals surface area (Å²) >= 11 is 3.12. The molecule has 116 valence electrons. The van der Waals surface area contributed by atoms with E-state index in [-0.39, 0.29) is 18.3 Å². The van der Waals surface area contributed by atoms with Crippen LogP contribution >= 0.6 is 15.9 Å². The number of ether oxygens (including phenoxy) is 2. The Morgan fingerprint density at radius 2 is 1.96 bits per heavy atom. The third kappa shape index (κ3) is 3.24. The molecule has 0 atom stereocenters. The Kier molecular flexibility index (Phi) is 4.12. The number of hydrogen-bond acceptors (Lipinski definition) is 5. The van der Waals surface area contributed by atoms with E-state index in [4.69, 9.17) is 9.47 Å². The lowest BCUT2D eigenvalue weighted by atomic mass is 10.1. The number of ketones is 1. The maximum atomic E-state index is 12.2. The van der Waals surface area contributed by atoms with Gasteiger partial charge in [0.2, 0.25) is 6.79 Å². The lowest BCUT2D eigenvalue weighted by Gasteiger charge is -2.00. The molecule has 1 aliphatic rings. The van der Waals surface area contributed by atoms with Gasteiger partial charge in [-0.2, -0.15) is 0 Å². The fraction of sp³-hybridized carbons (Fsp3) is 0.0625. The van der Waals surface area contributed by atoms with Gasteiger partial charge in [0.25, 0.3) is 5.69 Å². The van der Waals surface area contributed by atoms with Crippen LogP contribution < -0.4 is 9.47 Å². The summed E-state index contributed by atoms with van der Waals surface area (Å²) in [6.45, 7) is 0.144. The van der Waals surface area contributed by atoms with Gasteiger partial charge in [-0.25, -0.2) is 0 Å². The Hall–Kier alpha value is -2.67. The molecule has 0 aliphatic carbocycles. The van der Waals surface area contributed by atoms with Crippen LogP contribution in [-0.2, 0) is 0 Å². The summed E-state index contributed by atoms with van der Waals surface area (Å²) in [6, 6.07) is 9.58. The Balaban J connectivity index is 1.81. The van der Waals surface area contributed by atoms with E-state index in [1.54, 1.807) is 30.3 Å². The number of rotatable bonds is 4. The van der Waals surface area contributed by atoms with Crippen LogP contribution in [0.15, 0.2) is 46.9 Å². The van der Waals surface area contributed by atoms with Crippen molar-refractivity contribution in [1.29, 1.82) is 0 Å². The zero-order valence-corrected chi connectivity index (χ0v) is 13.3. The topological polar surface area (TPSA) is 78.7 Å². The summed E-state index contributed by atoms with van der Waals surface area (Å²) in [5.41, 5.74) is 0.966. The van der Waals surface area contributed by atoms with Gasteiger partial charge in [0.1, 0.15) is 0 Å². The summed E-state index contributed by atoms with van der Waals surface area (Å²) in [7, 11) is 0. The highest BCUT2D eigenvalue weighted by atomic mass is 79.9. The molecule has 0 N–H and O–H groups in total. The normalized spacial score (nSPS) is 12.6. The van der Waals surface area contributed by atoms with Crippen molar-refractivity contribution in [3.63, 3.8) is 0 Å². The SMILES string of the molecule is O=C(/C=C/c1ccc(Br)c([N+](=O)[O-])c1)c1ccc2c(c1)OCO2. The molecule has 0 saturated carbocycles. The molecule has 2 aromatic rings. The standard InChI is InChI=1S/C16H10BrNO5/c17-12-4-1-10(7-13(12)18(20)21)2-5-14(19)11-3-6-15-16(8-11)23-9-22-15/h1-8H,9H2/b5-2+. The molecule has 7 heteroatoms. The van der Waals surface area contributed by atoms with Gasteiger partial charge < -0.3 is 9.47 Å². The average Bonchev–Trinajstić information content (AvgIpc) is 3.01. The van der Waals surface area contributed by atoms with Crippen LogP contribution in [0.5, 0.6) is 11.5 Å². The van der Waals surface area contributed by atoms with Gasteiger partial charge >= 0.3 is 0 Å². The zero-order valence-electron chi connectivity index (χ0n) is 11.7. The lowest BCUT2D eigenvalue weighted by molar-refractivity contribution is -0.385. The first kappa shape index (κ1) is 15.2. The second kappa shape index (κ2) is 6.21. The lowest BCUT2D eigenvalue weighted by Crippen LogP contribution is -1.95. The number of fused-ring (bicyclic) bond motifs is 1. The fourth-order valence-electron chi connectivity index (χ4n) is 2.09. The van der Waals surface area contributed by atoms with Crippen LogP contribution in [0.4, 0.5) is 5.69 Å². The van der Waals surface area contributed by atoms with Crippen molar-refractivity contribution in [3.8, 4) is 11.5 Å². The van der Waals surface area contributed by atoms with Crippen molar-refractivity contribution >= 4 is 33.5 Å². The van der Waals surface area contributed by atoms with Gasteiger partial charge in [-0.15, -0.1) is 0 Å². The van der Waals surface area contributed by atoms with Gasteiger partial charge in [0.15, 0.2) is 17.3 Å². The Bertz CT molecular complexity index is 831. The van der Waals surface area contributed by atoms with Crippen LogP contribution in [0, 0.1) is 10.1 Å². The van der Waals surface area contributed by atoms with Crippen molar-refractivity contribution in [3.05, 3.63) is 68.2 Å². The predicted octanol–water partition coefficient (Wildman–Crippen LogP) is 3.98. The van der Waals surface area contributed by atoms with E-state index in [9.17, 15) is 14.9 Å². The maximum Gasteiger partial charge on any atom is 0.284 e. The molecule has 1 heterocycles. The monoisotopic (exact) mass is 375 g/mol. The number of nitro groups is 1. The number of nitro benzene ring substituents is 1. The quantitative estimate of drug-likeness (QED) is 0.349. The van der Waals surface area contributed by atoms with E-state index < -0.39 is 4.92 Å². The molecular weight excluding hydrogens is 366 g/mol. The third-order valence-electron chi connectivity index (χ3n) is 3.25. The van der Waals surface area contributed by atoms with Crippen LogP contribution in [-0.4, -0.2) is 17.5 Å². The van der Waals surface area contributed by atoms with E-state index in [0.29, 0.717) is 27.1 Å². The summed E-state index contributed by atoms with van der Waals surface area (Å²) in [5.74, 6) is 0.909. The van der Waals surface area contributed by atoms with Gasteiger partial charge in [-0.05, 0) is 51.8 Å². The van der Waals surface area contributed by atoms with E-state index >= 15 is 0 Å². The first-order valence-electron chi connectivity index (χ1n) is 6.60. The Labute approximate surface area is 139 Å². The number of halogens is 1. The van der Waals surface area contributed by atoms with Gasteiger partial charge in [0, 0.05) is 11.6 Å². The Morgan fingerprint density at radius 3 is 2.74 bits per heavy atom. The molecule has 1 aliphatic heterocycles. The molecule has 6 nitrogen and oxygen atoms in total. The van der Waals surface area contributed by atoms with E-state index in [1.807, 2.05) is 0 Å². The molecule has 0 spiro atoms. The van der Waals surface area contributed by atoms with E-state index in [1.165, 1.54) is 18.2 Å². The largest absolute Gasteiger partial charge is 0.454 e. The molecule has 23 heavy (non-hydrogen) atoms. The fourth-order valence-corrected chi connectivity index (χ4v) is 2.48. The predicted molar refractivity (Wildman–Crippen MR) is 86.7 cm³/mol. The van der Waals surface area contributed by atoms with Crippen molar-refractivity contribution < 1.29 is 19.2 Å². The molecular formula is C16H10BrNO5. The van der Waals surface area contributed by atoms with Gasteiger partial charge in [0.05, 0.1) is 9.40 Å². The smallest absolute Gasteiger partial charge is 0.284 e. The molecule has 3 rings (SSSR count). The highest BCUT2D eigenvalue weighted by Crippen LogP contribution is 2.32. The van der Waals surface area contributed by atoms with E-state index in [2.05, 4.69) is 15.9 Å². The van der Waals surface area contributed by atoms with Gasteiger partial charge in [-0.3, -0.25) is 14.9 Å². The summed E-state index contributed by atoms with van der Waals surface area (Å²) in [6.07, 6.45) is 2.90. The van der Waals surface area contributed by atoms with Gasteiger partial charge in [-0.1, -0.05) is 12.1 Å². The highest BCUT2D eigenvalue weighted by Gasteiger charge is 2.15. The maximum absolute atomic E-state index is 12.2. The van der Waals surface area contributed by atoms with E-state index in [0.717, 1.165) is 0 Å². The summed E-state index contributed by atoms with van der Waals surface area (Å²) in [5, 5.41) is 10.9. The van der Waals surface area contributed by atoms with Crippen molar-refractivity contribution in [1.82, 2.24) is 0 Å². The number of benzene rings is 2. The first-order chi connectivity index (χ1) is 11.0. The van der Waals surface area contributed by atoms with Crippen molar-refractivity contribution in [2.75, 3.05) is 6.79 Å². The molecule has 0 saturated heterocycles. The van der Waals surface area contributed by atoms with Crippen LogP contribution in [0.2, 0.25) is 0 Å². The molecule has 2 aromatic carbocycles. The number of allylic oxidation sites excluding steroid dienone is 1. The van der Waals surface area contributed by atoms with Crippen molar-refractivity contribution in [2.24, 2.45) is 0 Å². The molecule has 0 amide bonds.